The maximum atomic E-state index is 13.0. The SMILES string of the molecule is CCC1CN(c2ccc(C(=O)NCc3ccc(S(=O)(=O)CC)cc3)cc2)CC1c1ccc(C(F)(F)F)cc1. The lowest BCUT2D eigenvalue weighted by Gasteiger charge is -2.19. The molecule has 1 amide bonds. The largest absolute Gasteiger partial charge is 0.416 e. The van der Waals surface area contributed by atoms with Crippen molar-refractivity contribution in [2.75, 3.05) is 23.7 Å². The maximum absolute atomic E-state index is 13.0. The molecule has 4 rings (SSSR count). The Morgan fingerprint density at radius 1 is 0.921 bits per heavy atom. The lowest BCUT2D eigenvalue weighted by atomic mass is 9.87. The molecule has 0 radical (unpaired) electrons. The van der Waals surface area contributed by atoms with E-state index in [4.69, 9.17) is 0 Å². The van der Waals surface area contributed by atoms with Gasteiger partial charge in [0, 0.05) is 36.8 Å². The average molecular weight is 545 g/mol. The van der Waals surface area contributed by atoms with Gasteiger partial charge in [0.25, 0.3) is 5.91 Å². The van der Waals surface area contributed by atoms with Crippen molar-refractivity contribution in [3.63, 3.8) is 0 Å². The van der Waals surface area contributed by atoms with E-state index in [-0.39, 0.29) is 29.0 Å². The van der Waals surface area contributed by atoms with Gasteiger partial charge in [-0.25, -0.2) is 8.42 Å². The minimum atomic E-state index is -4.35. The quantitative estimate of drug-likeness (QED) is 0.375. The zero-order chi connectivity index (χ0) is 27.5. The van der Waals surface area contributed by atoms with Crippen LogP contribution in [0.5, 0.6) is 0 Å². The second kappa shape index (κ2) is 11.2. The molecule has 202 valence electrons. The van der Waals surface area contributed by atoms with Crippen LogP contribution in [0, 0.1) is 5.92 Å². The monoisotopic (exact) mass is 544 g/mol. The third-order valence-corrected chi connectivity index (χ3v) is 8.99. The van der Waals surface area contributed by atoms with Gasteiger partial charge in [0.2, 0.25) is 0 Å². The van der Waals surface area contributed by atoms with Gasteiger partial charge in [-0.3, -0.25) is 4.79 Å². The van der Waals surface area contributed by atoms with E-state index >= 15 is 0 Å². The molecule has 3 aromatic carbocycles. The van der Waals surface area contributed by atoms with Crippen LogP contribution < -0.4 is 10.2 Å². The van der Waals surface area contributed by atoms with Gasteiger partial charge in [-0.2, -0.15) is 13.2 Å². The summed E-state index contributed by atoms with van der Waals surface area (Å²) < 4.78 is 62.8. The van der Waals surface area contributed by atoms with Crippen LogP contribution in [-0.4, -0.2) is 33.2 Å². The topological polar surface area (TPSA) is 66.5 Å². The zero-order valence-corrected chi connectivity index (χ0v) is 22.1. The lowest BCUT2D eigenvalue weighted by molar-refractivity contribution is -0.137. The summed E-state index contributed by atoms with van der Waals surface area (Å²) in [5.41, 5.74) is 2.52. The molecule has 1 saturated heterocycles. The van der Waals surface area contributed by atoms with Crippen molar-refractivity contribution in [2.45, 2.75) is 43.8 Å². The summed E-state index contributed by atoms with van der Waals surface area (Å²) >= 11 is 0. The molecule has 0 spiro atoms. The number of hydrogen-bond donors (Lipinski definition) is 1. The van der Waals surface area contributed by atoms with Crippen molar-refractivity contribution >= 4 is 21.4 Å². The highest BCUT2D eigenvalue weighted by Crippen LogP contribution is 2.38. The Morgan fingerprint density at radius 2 is 1.55 bits per heavy atom. The fourth-order valence-electron chi connectivity index (χ4n) is 4.88. The van der Waals surface area contributed by atoms with Crippen LogP contribution in [0.4, 0.5) is 18.9 Å². The van der Waals surface area contributed by atoms with Gasteiger partial charge in [0.1, 0.15) is 0 Å². The van der Waals surface area contributed by atoms with Crippen LogP contribution in [0.1, 0.15) is 53.2 Å². The van der Waals surface area contributed by atoms with Gasteiger partial charge in [0.05, 0.1) is 16.2 Å². The second-order valence-electron chi connectivity index (χ2n) is 9.58. The second-order valence-corrected chi connectivity index (χ2v) is 11.9. The molecule has 3 aromatic rings. The van der Waals surface area contributed by atoms with Crippen molar-refractivity contribution < 1.29 is 26.4 Å². The van der Waals surface area contributed by atoms with Gasteiger partial charge in [0.15, 0.2) is 9.84 Å². The first-order valence-corrected chi connectivity index (χ1v) is 14.3. The van der Waals surface area contributed by atoms with Gasteiger partial charge in [-0.05, 0) is 65.6 Å². The Bertz CT molecular complexity index is 1350. The van der Waals surface area contributed by atoms with E-state index < -0.39 is 21.6 Å². The van der Waals surface area contributed by atoms with E-state index in [1.54, 1.807) is 55.5 Å². The van der Waals surface area contributed by atoms with Crippen molar-refractivity contribution in [3.05, 3.63) is 95.1 Å². The first-order valence-electron chi connectivity index (χ1n) is 12.6. The third kappa shape index (κ3) is 6.20. The number of amides is 1. The molecule has 2 atom stereocenters. The molecule has 1 N–H and O–H groups in total. The van der Waals surface area contributed by atoms with Crippen molar-refractivity contribution in [2.24, 2.45) is 5.92 Å². The number of carbonyl (C=O) groups excluding carboxylic acids is 1. The van der Waals surface area contributed by atoms with Crippen LogP contribution in [-0.2, 0) is 22.6 Å². The summed E-state index contributed by atoms with van der Waals surface area (Å²) in [6.45, 7) is 5.44. The Morgan fingerprint density at radius 3 is 2.11 bits per heavy atom. The van der Waals surface area contributed by atoms with Crippen LogP contribution in [0.2, 0.25) is 0 Å². The summed E-state index contributed by atoms with van der Waals surface area (Å²) in [7, 11) is -3.26. The zero-order valence-electron chi connectivity index (χ0n) is 21.3. The van der Waals surface area contributed by atoms with Gasteiger partial charge in [-0.1, -0.05) is 44.5 Å². The highest BCUT2D eigenvalue weighted by molar-refractivity contribution is 7.91. The number of sulfone groups is 1. The first-order chi connectivity index (χ1) is 18.0. The summed E-state index contributed by atoms with van der Waals surface area (Å²) in [6, 6.07) is 19.3. The van der Waals surface area contributed by atoms with E-state index in [2.05, 4.69) is 17.1 Å². The number of nitrogens with zero attached hydrogens (tertiary/aromatic N) is 1. The molecule has 2 unspecified atom stereocenters. The van der Waals surface area contributed by atoms with Crippen LogP contribution in [0.3, 0.4) is 0 Å². The van der Waals surface area contributed by atoms with Crippen molar-refractivity contribution in [1.29, 1.82) is 0 Å². The fraction of sp³-hybridized carbons (Fsp3) is 0.345. The van der Waals surface area contributed by atoms with E-state index in [0.29, 0.717) is 18.0 Å². The molecule has 1 heterocycles. The molecule has 0 bridgehead atoms. The van der Waals surface area contributed by atoms with Crippen LogP contribution >= 0.6 is 0 Å². The van der Waals surface area contributed by atoms with Crippen LogP contribution in [0.15, 0.2) is 77.7 Å². The minimum Gasteiger partial charge on any atom is -0.371 e. The fourth-order valence-corrected chi connectivity index (χ4v) is 5.77. The Kier molecular flexibility index (Phi) is 8.16. The lowest BCUT2D eigenvalue weighted by Crippen LogP contribution is -2.23. The minimum absolute atomic E-state index is 0.0331. The molecule has 1 aliphatic rings. The summed E-state index contributed by atoms with van der Waals surface area (Å²) in [5.74, 6) is 0.236. The van der Waals surface area contributed by atoms with Crippen molar-refractivity contribution in [1.82, 2.24) is 5.32 Å². The van der Waals surface area contributed by atoms with E-state index in [9.17, 15) is 26.4 Å². The molecule has 9 heteroatoms. The number of hydrogen-bond acceptors (Lipinski definition) is 4. The Balaban J connectivity index is 1.37. The highest BCUT2D eigenvalue weighted by Gasteiger charge is 2.34. The molecular formula is C29H31F3N2O3S. The highest BCUT2D eigenvalue weighted by atomic mass is 32.2. The standard InChI is InChI=1S/C29H31F3N2O3S/c1-3-21-18-34(19-27(21)22-7-11-24(12-8-22)29(30,31)32)25-13-9-23(10-14-25)28(35)33-17-20-5-15-26(16-6-20)38(36,37)4-2/h5-16,21,27H,3-4,17-19H2,1-2H3,(H,33,35). The number of halogens is 3. The normalized spacial score (nSPS) is 18.0. The maximum Gasteiger partial charge on any atom is 0.416 e. The van der Waals surface area contributed by atoms with Gasteiger partial charge < -0.3 is 10.2 Å². The number of benzene rings is 3. The molecular weight excluding hydrogens is 513 g/mol. The summed E-state index contributed by atoms with van der Waals surface area (Å²) in [5, 5.41) is 2.85. The number of carbonyl (C=O) groups is 1. The van der Waals surface area contributed by atoms with E-state index in [1.165, 1.54) is 0 Å². The third-order valence-electron chi connectivity index (χ3n) is 7.24. The first kappa shape index (κ1) is 27.7. The molecule has 0 aromatic heterocycles. The molecule has 0 saturated carbocycles. The Labute approximate surface area is 221 Å². The molecule has 38 heavy (non-hydrogen) atoms. The smallest absolute Gasteiger partial charge is 0.371 e. The molecule has 0 aliphatic carbocycles. The molecule has 1 fully saturated rings. The number of anilines is 1. The predicted octanol–water partition coefficient (Wildman–Crippen LogP) is 6.06. The number of alkyl halides is 3. The molecule has 1 aliphatic heterocycles. The average Bonchev–Trinajstić information content (AvgIpc) is 3.36. The summed E-state index contributed by atoms with van der Waals surface area (Å²) in [4.78, 5) is 15.1. The Hall–Kier alpha value is -3.33. The van der Waals surface area contributed by atoms with Crippen LogP contribution in [0.25, 0.3) is 0 Å². The number of rotatable bonds is 8. The van der Waals surface area contributed by atoms with Gasteiger partial charge in [-0.15, -0.1) is 0 Å². The summed E-state index contributed by atoms with van der Waals surface area (Å²) in [6.07, 6.45) is -3.44. The molecule has 5 nitrogen and oxygen atoms in total. The van der Waals surface area contributed by atoms with Gasteiger partial charge >= 0.3 is 6.18 Å². The van der Waals surface area contributed by atoms with E-state index in [1.807, 2.05) is 12.1 Å². The predicted molar refractivity (Wildman–Crippen MR) is 142 cm³/mol. The number of nitrogens with one attached hydrogen (secondary N) is 1. The van der Waals surface area contributed by atoms with Crippen molar-refractivity contribution in [3.8, 4) is 0 Å². The van der Waals surface area contributed by atoms with E-state index in [0.717, 1.165) is 41.9 Å².